The van der Waals surface area contributed by atoms with Crippen LogP contribution in [0, 0.1) is 0 Å². The fourth-order valence-electron chi connectivity index (χ4n) is 1.49. The molecule has 0 radical (unpaired) electrons. The number of hydrogen-bond acceptors (Lipinski definition) is 4. The zero-order valence-electron chi connectivity index (χ0n) is 7.74. The molecule has 0 aromatic heterocycles. The fourth-order valence-corrected chi connectivity index (χ4v) is 1.49. The number of hydrogen-bond donors (Lipinski definition) is 1. The Labute approximate surface area is 81.3 Å². The molecule has 0 unspecified atom stereocenters. The quantitative estimate of drug-likeness (QED) is 0.461. The highest BCUT2D eigenvalue weighted by Crippen LogP contribution is 2.54. The monoisotopic (exact) mass is 194 g/mol. The third kappa shape index (κ3) is 1.04. The second kappa shape index (κ2) is 3.23. The summed E-state index contributed by atoms with van der Waals surface area (Å²) in [4.78, 5) is 4.16. The third-order valence-electron chi connectivity index (χ3n) is 2.13. The molecule has 0 aliphatic carbocycles. The second-order valence-corrected chi connectivity index (χ2v) is 2.90. The van der Waals surface area contributed by atoms with Crippen molar-refractivity contribution in [2.45, 2.75) is 6.42 Å². The van der Waals surface area contributed by atoms with Crippen LogP contribution in [0.2, 0.25) is 0 Å². The van der Waals surface area contributed by atoms with Crippen molar-refractivity contribution in [2.75, 3.05) is 7.11 Å². The average Bonchev–Trinajstić information content (AvgIpc) is 2.24. The highest BCUT2D eigenvalue weighted by atomic mass is 17.1. The van der Waals surface area contributed by atoms with Crippen LogP contribution in [0.1, 0.15) is 5.56 Å². The maximum absolute atomic E-state index is 8.57. The van der Waals surface area contributed by atoms with Gasteiger partial charge >= 0.3 is 0 Å². The van der Waals surface area contributed by atoms with Crippen molar-refractivity contribution in [3.05, 3.63) is 24.3 Å². The van der Waals surface area contributed by atoms with Crippen LogP contribution in [-0.2, 0) is 6.42 Å². The predicted molar refractivity (Wildman–Crippen MR) is 50.2 cm³/mol. The number of fused-ring (bicyclic) bond motifs is 2. The van der Waals surface area contributed by atoms with Gasteiger partial charge in [0.15, 0.2) is 5.75 Å². The molecule has 1 aromatic carbocycles. The lowest BCUT2D eigenvalue weighted by molar-refractivity contribution is -0.139. The average molecular weight is 194 g/mol. The first-order valence-electron chi connectivity index (χ1n) is 4.15. The minimum Gasteiger partial charge on any atom is -0.490 e. The van der Waals surface area contributed by atoms with Gasteiger partial charge in [-0.3, -0.25) is 0 Å². The van der Waals surface area contributed by atoms with Gasteiger partial charge in [-0.2, -0.15) is 0 Å². The van der Waals surface area contributed by atoms with E-state index in [-0.39, 0.29) is 5.75 Å². The molecule has 4 nitrogen and oxygen atoms in total. The van der Waals surface area contributed by atoms with Crippen LogP contribution < -0.4 is 14.4 Å². The number of benzene rings is 1. The van der Waals surface area contributed by atoms with Crippen molar-refractivity contribution in [2.24, 2.45) is 0 Å². The molecule has 2 bridgehead atoms. The summed E-state index contributed by atoms with van der Waals surface area (Å²) in [6, 6.07) is 1.59. The van der Waals surface area contributed by atoms with Crippen molar-refractivity contribution >= 4 is 0 Å². The van der Waals surface area contributed by atoms with E-state index in [4.69, 9.17) is 14.7 Å². The number of rotatable bonds is 4. The van der Waals surface area contributed by atoms with E-state index in [0.717, 1.165) is 5.56 Å². The maximum atomic E-state index is 8.57. The van der Waals surface area contributed by atoms with Gasteiger partial charge in [0.2, 0.25) is 11.5 Å². The summed E-state index contributed by atoms with van der Waals surface area (Å²) in [5.74, 6) is 2.01. The van der Waals surface area contributed by atoms with Crippen molar-refractivity contribution in [1.82, 2.24) is 0 Å². The van der Waals surface area contributed by atoms with Gasteiger partial charge in [0.05, 0.1) is 7.11 Å². The van der Waals surface area contributed by atoms with Gasteiger partial charge in [-0.05, 0) is 6.42 Å². The Morgan fingerprint density at radius 3 is 3.00 bits per heavy atom. The van der Waals surface area contributed by atoms with Crippen molar-refractivity contribution < 1.29 is 19.6 Å². The van der Waals surface area contributed by atoms with E-state index < -0.39 is 0 Å². The zero-order chi connectivity index (χ0) is 10.1. The summed E-state index contributed by atoms with van der Waals surface area (Å²) in [7, 11) is 1.49. The topological polar surface area (TPSA) is 47.9 Å². The third-order valence-corrected chi connectivity index (χ3v) is 2.13. The van der Waals surface area contributed by atoms with Crippen LogP contribution in [-0.4, -0.2) is 12.4 Å². The molecule has 74 valence electrons. The van der Waals surface area contributed by atoms with Crippen LogP contribution in [0.3, 0.4) is 0 Å². The van der Waals surface area contributed by atoms with E-state index in [2.05, 4.69) is 11.5 Å². The van der Waals surface area contributed by atoms with Crippen LogP contribution in [0.5, 0.6) is 23.0 Å². The molecule has 0 saturated heterocycles. The standard InChI is InChI=1S/C10H10O4/c1-3-4-6-7-5-8(14-11)10(12-2)9(6)13-7/h3,5,11H,1,4H2,2H3. The van der Waals surface area contributed by atoms with Gasteiger partial charge in [0, 0.05) is 11.6 Å². The first-order chi connectivity index (χ1) is 6.81. The molecule has 0 saturated carbocycles. The molecule has 0 amide bonds. The summed E-state index contributed by atoms with van der Waals surface area (Å²) in [5, 5.41) is 8.57. The summed E-state index contributed by atoms with van der Waals surface area (Å²) in [6.45, 7) is 3.65. The molecule has 0 fully saturated rings. The second-order valence-electron chi connectivity index (χ2n) is 2.90. The fraction of sp³-hybridized carbons (Fsp3) is 0.200. The van der Waals surface area contributed by atoms with Gasteiger partial charge in [0.1, 0.15) is 5.75 Å². The first-order valence-corrected chi connectivity index (χ1v) is 4.15. The maximum Gasteiger partial charge on any atom is 0.214 e. The smallest absolute Gasteiger partial charge is 0.214 e. The Hall–Kier alpha value is -1.68. The largest absolute Gasteiger partial charge is 0.490 e. The highest BCUT2D eigenvalue weighted by molar-refractivity contribution is 5.69. The molecule has 1 N–H and O–H groups in total. The Morgan fingerprint density at radius 2 is 2.43 bits per heavy atom. The summed E-state index contributed by atoms with van der Waals surface area (Å²) >= 11 is 0. The van der Waals surface area contributed by atoms with Crippen LogP contribution in [0.15, 0.2) is 18.7 Å². The molecule has 2 aliphatic rings. The SMILES string of the molecule is C=CCc1c2cc(OO)c(OC)c1O2. The van der Waals surface area contributed by atoms with E-state index in [1.165, 1.54) is 7.11 Å². The molecule has 14 heavy (non-hydrogen) atoms. The molecular formula is C10H10O4. The minimum absolute atomic E-state index is 0.275. The first kappa shape index (κ1) is 8.90. The van der Waals surface area contributed by atoms with Gasteiger partial charge in [0.25, 0.3) is 0 Å². The highest BCUT2D eigenvalue weighted by Gasteiger charge is 2.30. The van der Waals surface area contributed by atoms with Gasteiger partial charge in [-0.15, -0.1) is 6.58 Å². The molecule has 2 aliphatic heterocycles. The normalized spacial score (nSPS) is 11.3. The van der Waals surface area contributed by atoms with Gasteiger partial charge < -0.3 is 14.4 Å². The predicted octanol–water partition coefficient (Wildman–Crippen LogP) is 2.38. The Bertz CT molecular complexity index is 384. The van der Waals surface area contributed by atoms with Crippen LogP contribution >= 0.6 is 0 Å². The molecule has 2 heterocycles. The Balaban J connectivity index is 2.47. The Kier molecular flexibility index (Phi) is 2.05. The Morgan fingerprint density at radius 1 is 1.64 bits per heavy atom. The van der Waals surface area contributed by atoms with Gasteiger partial charge in [-0.25, -0.2) is 5.26 Å². The van der Waals surface area contributed by atoms with E-state index in [9.17, 15) is 0 Å². The van der Waals surface area contributed by atoms with Crippen LogP contribution in [0.4, 0.5) is 0 Å². The van der Waals surface area contributed by atoms with Crippen molar-refractivity contribution in [1.29, 1.82) is 0 Å². The van der Waals surface area contributed by atoms with Gasteiger partial charge in [-0.1, -0.05) is 6.08 Å². The lowest BCUT2D eigenvalue weighted by atomic mass is 10.0. The number of ether oxygens (including phenoxy) is 2. The molecule has 4 heteroatoms. The molecular weight excluding hydrogens is 184 g/mol. The lowest BCUT2D eigenvalue weighted by Gasteiger charge is -2.26. The van der Waals surface area contributed by atoms with E-state index in [1.54, 1.807) is 12.1 Å². The molecule has 0 spiro atoms. The van der Waals surface area contributed by atoms with Crippen LogP contribution in [0.25, 0.3) is 0 Å². The number of allylic oxidation sites excluding steroid dienone is 1. The molecule has 1 aromatic rings. The van der Waals surface area contributed by atoms with E-state index in [1.807, 2.05) is 0 Å². The summed E-state index contributed by atoms with van der Waals surface area (Å²) < 4.78 is 10.3. The van der Waals surface area contributed by atoms with Crippen molar-refractivity contribution in [3.8, 4) is 23.0 Å². The summed E-state index contributed by atoms with van der Waals surface area (Å²) in [6.07, 6.45) is 2.50. The van der Waals surface area contributed by atoms with E-state index in [0.29, 0.717) is 23.7 Å². The molecule has 3 rings (SSSR count). The van der Waals surface area contributed by atoms with E-state index >= 15 is 0 Å². The molecule has 0 atom stereocenters. The number of methoxy groups -OCH3 is 1. The zero-order valence-corrected chi connectivity index (χ0v) is 7.74. The lowest BCUT2D eigenvalue weighted by Crippen LogP contribution is -2.08. The minimum atomic E-state index is 0.275. The van der Waals surface area contributed by atoms with Crippen molar-refractivity contribution in [3.63, 3.8) is 0 Å². The summed E-state index contributed by atoms with van der Waals surface area (Å²) in [5.41, 5.74) is 1.03.